The van der Waals surface area contributed by atoms with Crippen molar-refractivity contribution in [3.8, 4) is 5.75 Å². The largest absolute Gasteiger partial charge is 0.505 e. The van der Waals surface area contributed by atoms with Gasteiger partial charge < -0.3 is 15.6 Å². The monoisotopic (exact) mass is 267 g/mol. The molecule has 8 heteroatoms. The summed E-state index contributed by atoms with van der Waals surface area (Å²) in [5, 5.41) is 9.29. The predicted octanol–water partition coefficient (Wildman–Crippen LogP) is 1.72. The lowest BCUT2D eigenvalue weighted by Gasteiger charge is -2.15. The molecule has 4 nitrogen and oxygen atoms in total. The highest BCUT2D eigenvalue weighted by atomic mass is 19.4. The molecule has 0 spiro atoms. The van der Waals surface area contributed by atoms with Crippen molar-refractivity contribution >= 4 is 5.97 Å². The summed E-state index contributed by atoms with van der Waals surface area (Å²) < 4.78 is 54.5. The molecule has 0 unspecified atom stereocenters. The van der Waals surface area contributed by atoms with Gasteiger partial charge in [0.1, 0.15) is 6.04 Å². The quantitative estimate of drug-likeness (QED) is 0.632. The number of halogens is 4. The van der Waals surface area contributed by atoms with Crippen LogP contribution in [0.3, 0.4) is 0 Å². The summed E-state index contributed by atoms with van der Waals surface area (Å²) >= 11 is 0. The third-order valence-electron chi connectivity index (χ3n) is 2.24. The molecule has 18 heavy (non-hydrogen) atoms. The smallest absolute Gasteiger partial charge is 0.419 e. The van der Waals surface area contributed by atoms with Crippen LogP contribution in [0.1, 0.15) is 17.2 Å². The van der Waals surface area contributed by atoms with Crippen LogP contribution in [-0.4, -0.2) is 18.2 Å². The molecular weight excluding hydrogens is 258 g/mol. The lowest BCUT2D eigenvalue weighted by Crippen LogP contribution is -2.23. The Balaban J connectivity index is 3.29. The van der Waals surface area contributed by atoms with E-state index < -0.39 is 40.9 Å². The fourth-order valence-corrected chi connectivity index (χ4v) is 1.30. The fourth-order valence-electron chi connectivity index (χ4n) is 1.30. The number of phenolic OH excluding ortho intramolecular Hbond substituents is 1. The van der Waals surface area contributed by atoms with Gasteiger partial charge in [0.25, 0.3) is 0 Å². The van der Waals surface area contributed by atoms with Crippen molar-refractivity contribution < 1.29 is 32.2 Å². The number of alkyl halides is 3. The summed E-state index contributed by atoms with van der Waals surface area (Å²) in [5.74, 6) is -4.20. The molecule has 0 radical (unpaired) electrons. The summed E-state index contributed by atoms with van der Waals surface area (Å²) in [6.45, 7) is 0. The molecule has 1 atom stereocenters. The minimum Gasteiger partial charge on any atom is -0.505 e. The van der Waals surface area contributed by atoms with Crippen LogP contribution in [0.4, 0.5) is 17.6 Å². The number of phenols is 1. The van der Waals surface area contributed by atoms with E-state index in [4.69, 9.17) is 5.73 Å². The van der Waals surface area contributed by atoms with Crippen LogP contribution >= 0.6 is 0 Å². The zero-order valence-electron chi connectivity index (χ0n) is 9.08. The average molecular weight is 267 g/mol. The lowest BCUT2D eigenvalue weighted by molar-refractivity contribution is -0.142. The number of carbonyl (C=O) groups excluding carboxylic acids is 1. The van der Waals surface area contributed by atoms with E-state index in [1.807, 2.05) is 0 Å². The Bertz CT molecular complexity index is 473. The topological polar surface area (TPSA) is 72.5 Å². The van der Waals surface area contributed by atoms with Crippen LogP contribution in [0.25, 0.3) is 0 Å². The first-order chi connectivity index (χ1) is 8.20. The molecule has 1 aromatic rings. The number of hydrogen-bond acceptors (Lipinski definition) is 4. The van der Waals surface area contributed by atoms with Gasteiger partial charge in [0.15, 0.2) is 11.6 Å². The van der Waals surface area contributed by atoms with Crippen molar-refractivity contribution in [2.45, 2.75) is 12.2 Å². The number of aromatic hydroxyl groups is 1. The fraction of sp³-hybridized carbons (Fsp3) is 0.300. The molecular formula is C10H9F4NO3. The number of benzene rings is 1. The molecule has 0 saturated heterocycles. The van der Waals surface area contributed by atoms with Gasteiger partial charge in [0.2, 0.25) is 0 Å². The summed E-state index contributed by atoms with van der Waals surface area (Å²) in [6.07, 6.45) is -4.95. The van der Waals surface area contributed by atoms with E-state index in [2.05, 4.69) is 4.74 Å². The Kier molecular flexibility index (Phi) is 3.80. The Morgan fingerprint density at radius 3 is 2.44 bits per heavy atom. The summed E-state index contributed by atoms with van der Waals surface area (Å²) in [7, 11) is 1.000. The second kappa shape index (κ2) is 4.81. The minimum atomic E-state index is -4.95. The standard InChI is InChI=1S/C10H9F4NO3/c1-18-9(17)7(15)4-2-3-5(10(12,13)14)6(11)8(4)16/h2-3,7,16H,15H2,1H3/t7-/m0/s1. The second-order valence-corrected chi connectivity index (χ2v) is 3.36. The number of nitrogens with two attached hydrogens (primary N) is 1. The Morgan fingerprint density at radius 2 is 2.00 bits per heavy atom. The highest BCUT2D eigenvalue weighted by Crippen LogP contribution is 2.37. The lowest BCUT2D eigenvalue weighted by atomic mass is 10.0. The molecule has 1 aromatic carbocycles. The van der Waals surface area contributed by atoms with Crippen molar-refractivity contribution in [1.29, 1.82) is 0 Å². The molecule has 3 N–H and O–H groups in total. The van der Waals surface area contributed by atoms with E-state index >= 15 is 0 Å². The van der Waals surface area contributed by atoms with Crippen LogP contribution in [0.2, 0.25) is 0 Å². The van der Waals surface area contributed by atoms with Crippen LogP contribution in [0.15, 0.2) is 12.1 Å². The first kappa shape index (κ1) is 14.2. The van der Waals surface area contributed by atoms with Gasteiger partial charge in [-0.3, -0.25) is 4.79 Å². The highest BCUT2D eigenvalue weighted by Gasteiger charge is 2.36. The predicted molar refractivity (Wildman–Crippen MR) is 52.0 cm³/mol. The van der Waals surface area contributed by atoms with Gasteiger partial charge in [-0.2, -0.15) is 13.2 Å². The van der Waals surface area contributed by atoms with Gasteiger partial charge in [-0.1, -0.05) is 6.07 Å². The van der Waals surface area contributed by atoms with Gasteiger partial charge in [0.05, 0.1) is 12.7 Å². The van der Waals surface area contributed by atoms with Gasteiger partial charge in [-0.05, 0) is 6.07 Å². The van der Waals surface area contributed by atoms with Crippen LogP contribution < -0.4 is 5.73 Å². The van der Waals surface area contributed by atoms with Gasteiger partial charge in [-0.25, -0.2) is 4.39 Å². The maximum Gasteiger partial charge on any atom is 0.419 e. The molecule has 0 aliphatic rings. The summed E-state index contributed by atoms with van der Waals surface area (Å²) in [6, 6.07) is -0.442. The van der Waals surface area contributed by atoms with Gasteiger partial charge in [-0.15, -0.1) is 0 Å². The molecule has 0 saturated carbocycles. The van der Waals surface area contributed by atoms with E-state index in [1.54, 1.807) is 0 Å². The van der Waals surface area contributed by atoms with Crippen LogP contribution in [-0.2, 0) is 15.7 Å². The molecule has 0 fully saturated rings. The van der Waals surface area contributed by atoms with Crippen molar-refractivity contribution in [2.24, 2.45) is 5.73 Å². The van der Waals surface area contributed by atoms with E-state index in [9.17, 15) is 27.5 Å². The molecule has 0 amide bonds. The van der Waals surface area contributed by atoms with Gasteiger partial charge in [0, 0.05) is 5.56 Å². The number of carbonyl (C=O) groups is 1. The van der Waals surface area contributed by atoms with E-state index in [0.717, 1.165) is 13.2 Å². The Labute approximate surface area is 99.0 Å². The van der Waals surface area contributed by atoms with E-state index in [-0.39, 0.29) is 0 Å². The number of methoxy groups -OCH3 is 1. The Hall–Kier alpha value is -1.83. The molecule has 0 bridgehead atoms. The molecule has 0 aliphatic carbocycles. The van der Waals surface area contributed by atoms with E-state index in [0.29, 0.717) is 6.07 Å². The van der Waals surface area contributed by atoms with Crippen LogP contribution in [0.5, 0.6) is 5.75 Å². The van der Waals surface area contributed by atoms with Crippen molar-refractivity contribution in [1.82, 2.24) is 0 Å². The summed E-state index contributed by atoms with van der Waals surface area (Å²) in [4.78, 5) is 11.1. The minimum absolute atomic E-state index is 0.396. The molecule has 0 heterocycles. The average Bonchev–Trinajstić information content (AvgIpc) is 2.29. The third-order valence-corrected chi connectivity index (χ3v) is 2.24. The number of ether oxygens (including phenoxy) is 1. The third kappa shape index (κ3) is 2.53. The molecule has 0 aromatic heterocycles. The summed E-state index contributed by atoms with van der Waals surface area (Å²) in [5.41, 5.74) is 3.18. The normalized spacial score (nSPS) is 13.2. The number of rotatable bonds is 2. The van der Waals surface area contributed by atoms with Crippen molar-refractivity contribution in [3.63, 3.8) is 0 Å². The van der Waals surface area contributed by atoms with Crippen molar-refractivity contribution in [2.75, 3.05) is 7.11 Å². The molecule has 1 rings (SSSR count). The van der Waals surface area contributed by atoms with Gasteiger partial charge >= 0.3 is 12.1 Å². The second-order valence-electron chi connectivity index (χ2n) is 3.36. The molecule has 0 aliphatic heterocycles. The highest BCUT2D eigenvalue weighted by molar-refractivity contribution is 5.78. The van der Waals surface area contributed by atoms with E-state index in [1.165, 1.54) is 0 Å². The zero-order chi connectivity index (χ0) is 14.1. The number of hydrogen-bond donors (Lipinski definition) is 2. The maximum absolute atomic E-state index is 13.3. The molecule has 100 valence electrons. The van der Waals surface area contributed by atoms with Crippen molar-refractivity contribution in [3.05, 3.63) is 29.1 Å². The first-order valence-electron chi connectivity index (χ1n) is 4.62. The maximum atomic E-state index is 13.3. The Morgan fingerprint density at radius 1 is 1.44 bits per heavy atom. The zero-order valence-corrected chi connectivity index (χ0v) is 9.08. The SMILES string of the molecule is COC(=O)[C@@H](N)c1ccc(C(F)(F)F)c(F)c1O. The first-order valence-corrected chi connectivity index (χ1v) is 4.62. The number of esters is 1. The van der Waals surface area contributed by atoms with Crippen LogP contribution in [0, 0.1) is 5.82 Å².